The lowest BCUT2D eigenvalue weighted by atomic mass is 9.53. The fourth-order valence-corrected chi connectivity index (χ4v) is 7.56. The van der Waals surface area contributed by atoms with Crippen LogP contribution in [0.1, 0.15) is 48.0 Å². The summed E-state index contributed by atoms with van der Waals surface area (Å²) in [5, 5.41) is 7.13. The van der Waals surface area contributed by atoms with Gasteiger partial charge in [-0.1, -0.05) is 28.1 Å². The molecule has 5 nitrogen and oxygen atoms in total. The number of nitrogens with one attached hydrogen (secondary N) is 1. The SMILES string of the molecule is CSc1ccc(COc2[nH]ncc2C(=O)N(c2ccc(Br)cc2)C2C3CC4CC(C3)CC2C4)cc1. The van der Waals surface area contributed by atoms with Gasteiger partial charge in [0.2, 0.25) is 5.88 Å². The topological polar surface area (TPSA) is 58.2 Å². The van der Waals surface area contributed by atoms with Gasteiger partial charge in [0, 0.05) is 21.1 Å². The predicted molar refractivity (Wildman–Crippen MR) is 143 cm³/mol. The molecular weight excluding hydrogens is 522 g/mol. The average Bonchev–Trinajstić information content (AvgIpc) is 3.34. The Kier molecular flexibility index (Phi) is 6.39. The Labute approximate surface area is 219 Å². The van der Waals surface area contributed by atoms with E-state index in [4.69, 9.17) is 4.74 Å². The van der Waals surface area contributed by atoms with Gasteiger partial charge in [0.05, 0.1) is 6.20 Å². The summed E-state index contributed by atoms with van der Waals surface area (Å²) < 4.78 is 7.10. The first-order chi connectivity index (χ1) is 17.1. The Balaban J connectivity index is 1.29. The van der Waals surface area contributed by atoms with E-state index in [0.717, 1.165) is 27.6 Å². The molecule has 7 heteroatoms. The summed E-state index contributed by atoms with van der Waals surface area (Å²) in [6, 6.07) is 16.7. The summed E-state index contributed by atoms with van der Waals surface area (Å²) in [6.07, 6.45) is 10.1. The molecule has 182 valence electrons. The van der Waals surface area contributed by atoms with Crippen LogP contribution < -0.4 is 9.64 Å². The minimum atomic E-state index is -0.0220. The van der Waals surface area contributed by atoms with Gasteiger partial charge in [-0.05, 0) is 104 Å². The first-order valence-corrected chi connectivity index (χ1v) is 14.5. The van der Waals surface area contributed by atoms with Gasteiger partial charge < -0.3 is 9.64 Å². The minimum absolute atomic E-state index is 0.0220. The summed E-state index contributed by atoms with van der Waals surface area (Å²) in [5.41, 5.74) is 2.51. The van der Waals surface area contributed by atoms with Gasteiger partial charge in [0.1, 0.15) is 12.2 Å². The first kappa shape index (κ1) is 23.2. The van der Waals surface area contributed by atoms with Crippen LogP contribution in [0.15, 0.2) is 64.1 Å². The van der Waals surface area contributed by atoms with Gasteiger partial charge in [-0.2, -0.15) is 5.10 Å². The van der Waals surface area contributed by atoms with Crippen molar-refractivity contribution in [1.82, 2.24) is 10.2 Å². The van der Waals surface area contributed by atoms with E-state index < -0.39 is 0 Å². The first-order valence-electron chi connectivity index (χ1n) is 12.5. The van der Waals surface area contributed by atoms with Gasteiger partial charge in [0.25, 0.3) is 5.91 Å². The van der Waals surface area contributed by atoms with Crippen LogP contribution in [0.5, 0.6) is 5.88 Å². The van der Waals surface area contributed by atoms with E-state index in [1.165, 1.54) is 37.0 Å². The normalized spacial score (nSPS) is 26.6. The van der Waals surface area contributed by atoms with Crippen LogP contribution in [0.4, 0.5) is 5.69 Å². The summed E-state index contributed by atoms with van der Waals surface area (Å²) in [4.78, 5) is 17.5. The average molecular weight is 553 g/mol. The highest BCUT2D eigenvalue weighted by atomic mass is 79.9. The maximum atomic E-state index is 14.2. The van der Waals surface area contributed by atoms with E-state index in [9.17, 15) is 4.79 Å². The quantitative estimate of drug-likeness (QED) is 0.323. The third-order valence-corrected chi connectivity index (χ3v) is 9.45. The molecule has 35 heavy (non-hydrogen) atoms. The maximum Gasteiger partial charge on any atom is 0.265 e. The second kappa shape index (κ2) is 9.66. The highest BCUT2D eigenvalue weighted by Crippen LogP contribution is 2.55. The van der Waals surface area contributed by atoms with Crippen molar-refractivity contribution in [2.75, 3.05) is 11.2 Å². The summed E-state index contributed by atoms with van der Waals surface area (Å²) in [6.45, 7) is 0.382. The fourth-order valence-electron chi connectivity index (χ4n) is 6.89. The van der Waals surface area contributed by atoms with Crippen molar-refractivity contribution in [3.63, 3.8) is 0 Å². The molecule has 0 unspecified atom stereocenters. The van der Waals surface area contributed by atoms with Gasteiger partial charge >= 0.3 is 0 Å². The van der Waals surface area contributed by atoms with E-state index in [1.807, 2.05) is 12.1 Å². The van der Waals surface area contributed by atoms with Crippen LogP contribution in [0, 0.1) is 23.7 Å². The molecule has 4 saturated carbocycles. The second-order valence-corrected chi connectivity index (χ2v) is 12.1. The largest absolute Gasteiger partial charge is 0.473 e. The number of amides is 1. The lowest BCUT2D eigenvalue weighted by molar-refractivity contribution is -0.00227. The van der Waals surface area contributed by atoms with Crippen molar-refractivity contribution >= 4 is 39.3 Å². The van der Waals surface area contributed by atoms with Gasteiger partial charge in [0.15, 0.2) is 0 Å². The zero-order chi connectivity index (χ0) is 23.9. The molecule has 4 fully saturated rings. The number of nitrogens with zero attached hydrogens (tertiary/aromatic N) is 2. The maximum absolute atomic E-state index is 14.2. The third kappa shape index (κ3) is 4.53. The molecule has 0 atom stereocenters. The second-order valence-electron chi connectivity index (χ2n) is 10.3. The number of hydrogen-bond donors (Lipinski definition) is 1. The number of thioether (sulfide) groups is 1. The molecule has 4 bridgehead atoms. The number of hydrogen-bond acceptors (Lipinski definition) is 4. The van der Waals surface area contributed by atoms with Crippen molar-refractivity contribution in [3.05, 3.63) is 70.3 Å². The summed E-state index contributed by atoms with van der Waals surface area (Å²) in [5.74, 6) is 3.26. The molecule has 1 N–H and O–H groups in total. The number of H-pyrrole nitrogens is 1. The molecule has 3 aromatic rings. The Bertz CT molecular complexity index is 1170. The lowest BCUT2D eigenvalue weighted by Crippen LogP contribution is -2.57. The molecule has 1 heterocycles. The zero-order valence-electron chi connectivity index (χ0n) is 19.8. The number of benzene rings is 2. The fraction of sp³-hybridized carbons (Fsp3) is 0.429. The van der Waals surface area contributed by atoms with Gasteiger partial charge in [-0.3, -0.25) is 4.79 Å². The molecule has 0 radical (unpaired) electrons. The predicted octanol–water partition coefficient (Wildman–Crippen LogP) is 6.94. The van der Waals surface area contributed by atoms with Crippen LogP contribution in [0.3, 0.4) is 0 Å². The third-order valence-electron chi connectivity index (χ3n) is 8.18. The van der Waals surface area contributed by atoms with Crippen LogP contribution in [-0.4, -0.2) is 28.4 Å². The molecule has 0 spiro atoms. The van der Waals surface area contributed by atoms with E-state index in [0.29, 0.717) is 29.9 Å². The highest BCUT2D eigenvalue weighted by molar-refractivity contribution is 9.10. The number of carbonyl (C=O) groups is 1. The van der Waals surface area contributed by atoms with Crippen LogP contribution in [0.2, 0.25) is 0 Å². The lowest BCUT2D eigenvalue weighted by Gasteiger charge is -2.57. The van der Waals surface area contributed by atoms with Crippen molar-refractivity contribution in [3.8, 4) is 5.88 Å². The van der Waals surface area contributed by atoms with Gasteiger partial charge in [-0.25, -0.2) is 5.10 Å². The van der Waals surface area contributed by atoms with Gasteiger partial charge in [-0.15, -0.1) is 11.8 Å². The monoisotopic (exact) mass is 551 g/mol. The number of ether oxygens (including phenoxy) is 1. The molecule has 4 aliphatic carbocycles. The standard InChI is InChI=1S/C28H30BrN3O2S/c1-35-24-8-2-17(3-9-24)16-34-27-25(15-30-31-27)28(33)32(23-6-4-22(29)5-7-23)26-20-11-18-10-19(13-20)14-21(26)12-18/h2-9,15,18-21,26H,10-14,16H2,1H3,(H,30,31). The number of aromatic nitrogens is 2. The van der Waals surface area contributed by atoms with Crippen molar-refractivity contribution in [1.29, 1.82) is 0 Å². The minimum Gasteiger partial charge on any atom is -0.473 e. The Morgan fingerprint density at radius 1 is 1.03 bits per heavy atom. The highest BCUT2D eigenvalue weighted by Gasteiger charge is 2.51. The van der Waals surface area contributed by atoms with Crippen LogP contribution in [0.25, 0.3) is 0 Å². The Hall–Kier alpha value is -2.25. The zero-order valence-corrected chi connectivity index (χ0v) is 22.2. The molecule has 0 aliphatic heterocycles. The Morgan fingerprint density at radius 3 is 2.31 bits per heavy atom. The van der Waals surface area contributed by atoms with Crippen molar-refractivity contribution in [2.24, 2.45) is 23.7 Å². The van der Waals surface area contributed by atoms with Crippen molar-refractivity contribution in [2.45, 2.75) is 49.6 Å². The molecule has 2 aromatic carbocycles. The molecule has 1 amide bonds. The van der Waals surface area contributed by atoms with Crippen LogP contribution >= 0.6 is 27.7 Å². The number of aromatic amines is 1. The van der Waals surface area contributed by atoms with E-state index >= 15 is 0 Å². The summed E-state index contributed by atoms with van der Waals surface area (Å²) >= 11 is 5.27. The molecule has 1 aromatic heterocycles. The molecular formula is C28H30BrN3O2S. The smallest absolute Gasteiger partial charge is 0.265 e. The van der Waals surface area contributed by atoms with Crippen molar-refractivity contribution < 1.29 is 9.53 Å². The number of rotatable bonds is 7. The van der Waals surface area contributed by atoms with E-state index in [2.05, 4.69) is 73.7 Å². The number of anilines is 1. The molecule has 7 rings (SSSR count). The van der Waals surface area contributed by atoms with E-state index in [1.54, 1.807) is 18.0 Å². The Morgan fingerprint density at radius 2 is 1.69 bits per heavy atom. The molecule has 0 saturated heterocycles. The van der Waals surface area contributed by atoms with Crippen LogP contribution in [-0.2, 0) is 6.61 Å². The summed E-state index contributed by atoms with van der Waals surface area (Å²) in [7, 11) is 0. The van der Waals surface area contributed by atoms with E-state index in [-0.39, 0.29) is 11.9 Å². The molecule has 4 aliphatic rings. The number of halogens is 1. The number of carbonyl (C=O) groups excluding carboxylic acids is 1.